The highest BCUT2D eigenvalue weighted by Gasteiger charge is 2.35. The van der Waals surface area contributed by atoms with Gasteiger partial charge in [-0.1, -0.05) is 27.2 Å². The second-order valence-corrected chi connectivity index (χ2v) is 6.26. The Hall–Kier alpha value is -1.06. The second kappa shape index (κ2) is 6.92. The number of carbonyl (C=O) groups is 2. The maximum atomic E-state index is 11.2. The highest BCUT2D eigenvalue weighted by atomic mass is 16.6. The van der Waals surface area contributed by atoms with E-state index in [1.54, 1.807) is 0 Å². The van der Waals surface area contributed by atoms with E-state index in [4.69, 9.17) is 9.84 Å². The van der Waals surface area contributed by atoms with Crippen molar-refractivity contribution in [2.24, 2.45) is 23.7 Å². The number of carboxylic acid groups (broad SMARTS) is 1. The van der Waals surface area contributed by atoms with Gasteiger partial charge in [0.1, 0.15) is 0 Å². The summed E-state index contributed by atoms with van der Waals surface area (Å²) in [5.74, 6) is 0.502. The summed E-state index contributed by atoms with van der Waals surface area (Å²) >= 11 is 0. The summed E-state index contributed by atoms with van der Waals surface area (Å²) < 4.78 is 4.94. The number of carboxylic acids is 1. The van der Waals surface area contributed by atoms with Crippen molar-refractivity contribution in [3.8, 4) is 0 Å². The van der Waals surface area contributed by atoms with Gasteiger partial charge in [-0.3, -0.25) is 4.79 Å². The molecule has 0 aromatic carbocycles. The van der Waals surface area contributed by atoms with Gasteiger partial charge in [0.15, 0.2) is 6.10 Å². The third-order valence-electron chi connectivity index (χ3n) is 4.26. The lowest BCUT2D eigenvalue weighted by atomic mass is 9.68. The van der Waals surface area contributed by atoms with Crippen LogP contribution >= 0.6 is 0 Å². The summed E-state index contributed by atoms with van der Waals surface area (Å²) in [4.78, 5) is 22.2. The van der Waals surface area contributed by atoms with Crippen LogP contribution in [0, 0.1) is 23.7 Å². The van der Waals surface area contributed by atoms with Crippen LogP contribution in [0.2, 0.25) is 0 Å². The van der Waals surface area contributed by atoms with Gasteiger partial charge < -0.3 is 9.84 Å². The van der Waals surface area contributed by atoms with E-state index in [0.29, 0.717) is 30.1 Å². The summed E-state index contributed by atoms with van der Waals surface area (Å²) in [6.07, 6.45) is 2.85. The van der Waals surface area contributed by atoms with Crippen molar-refractivity contribution >= 4 is 11.9 Å². The van der Waals surface area contributed by atoms with E-state index in [1.165, 1.54) is 13.3 Å². The number of hydrogen-bond acceptors (Lipinski definition) is 3. The minimum absolute atomic E-state index is 0.337. The first-order valence-electron chi connectivity index (χ1n) is 7.21. The van der Waals surface area contributed by atoms with Crippen LogP contribution in [0.5, 0.6) is 0 Å². The van der Waals surface area contributed by atoms with Gasteiger partial charge in [-0.2, -0.15) is 0 Å². The van der Waals surface area contributed by atoms with Crippen LogP contribution in [0.4, 0.5) is 0 Å². The average molecular weight is 270 g/mol. The van der Waals surface area contributed by atoms with Gasteiger partial charge in [0.2, 0.25) is 0 Å². The van der Waals surface area contributed by atoms with Crippen LogP contribution in [-0.2, 0) is 14.3 Å². The molecule has 0 amide bonds. The van der Waals surface area contributed by atoms with Gasteiger partial charge in [0, 0.05) is 6.92 Å². The van der Waals surface area contributed by atoms with Gasteiger partial charge in [-0.05, 0) is 42.9 Å². The van der Waals surface area contributed by atoms with Gasteiger partial charge in [-0.15, -0.1) is 0 Å². The maximum Gasteiger partial charge on any atom is 0.345 e. The molecule has 0 heterocycles. The van der Waals surface area contributed by atoms with Crippen molar-refractivity contribution in [1.29, 1.82) is 0 Å². The van der Waals surface area contributed by atoms with Crippen LogP contribution < -0.4 is 0 Å². The van der Waals surface area contributed by atoms with Crippen molar-refractivity contribution < 1.29 is 19.4 Å². The number of hydrogen-bond donors (Lipinski definition) is 1. The molecule has 0 radical (unpaired) electrons. The third kappa shape index (κ3) is 4.84. The molecule has 1 fully saturated rings. The number of aliphatic carboxylic acids is 1. The molecule has 1 saturated carbocycles. The van der Waals surface area contributed by atoms with E-state index in [9.17, 15) is 9.59 Å². The molecule has 0 bridgehead atoms. The summed E-state index contributed by atoms with van der Waals surface area (Å²) in [7, 11) is 0. The second-order valence-electron chi connectivity index (χ2n) is 6.26. The average Bonchev–Trinajstić information content (AvgIpc) is 2.26. The normalized spacial score (nSPS) is 29.0. The summed E-state index contributed by atoms with van der Waals surface area (Å²) in [6, 6.07) is 0. The van der Waals surface area contributed by atoms with E-state index in [-0.39, 0.29) is 0 Å². The van der Waals surface area contributed by atoms with Gasteiger partial charge >= 0.3 is 11.9 Å². The highest BCUT2D eigenvalue weighted by Crippen LogP contribution is 2.40. The maximum absolute atomic E-state index is 11.2. The molecule has 4 nitrogen and oxygen atoms in total. The van der Waals surface area contributed by atoms with Crippen LogP contribution in [0.15, 0.2) is 0 Å². The molecular formula is C15H26O4. The predicted octanol–water partition coefficient (Wildman–Crippen LogP) is 3.10. The van der Waals surface area contributed by atoms with Gasteiger partial charge in [0.25, 0.3) is 0 Å². The van der Waals surface area contributed by atoms with Crippen LogP contribution in [0.1, 0.15) is 53.4 Å². The van der Waals surface area contributed by atoms with Crippen molar-refractivity contribution in [2.45, 2.75) is 59.5 Å². The quantitative estimate of drug-likeness (QED) is 0.780. The van der Waals surface area contributed by atoms with Gasteiger partial charge in [0.05, 0.1) is 0 Å². The van der Waals surface area contributed by atoms with Crippen molar-refractivity contribution in [2.75, 3.05) is 0 Å². The summed E-state index contributed by atoms with van der Waals surface area (Å²) in [5.41, 5.74) is 0. The topological polar surface area (TPSA) is 63.6 Å². The summed E-state index contributed by atoms with van der Waals surface area (Å²) in [6.45, 7) is 7.86. The molecule has 0 saturated heterocycles. The fourth-order valence-corrected chi connectivity index (χ4v) is 3.35. The first kappa shape index (κ1) is 16.0. The molecule has 1 rings (SSSR count). The lowest BCUT2D eigenvalue weighted by molar-refractivity contribution is -0.164. The minimum atomic E-state index is -1.03. The van der Waals surface area contributed by atoms with Crippen molar-refractivity contribution in [3.05, 3.63) is 0 Å². The molecule has 0 aromatic rings. The minimum Gasteiger partial charge on any atom is -0.479 e. The zero-order valence-corrected chi connectivity index (χ0v) is 12.4. The van der Waals surface area contributed by atoms with E-state index >= 15 is 0 Å². The first-order chi connectivity index (χ1) is 8.81. The van der Waals surface area contributed by atoms with Crippen molar-refractivity contribution in [3.63, 3.8) is 0 Å². The predicted molar refractivity (Wildman–Crippen MR) is 72.6 cm³/mol. The van der Waals surface area contributed by atoms with E-state index in [0.717, 1.165) is 12.8 Å². The standard InChI is InChI=1S/C15H26O4/c1-9(2)13-6-5-10(3)7-12(13)8-14(15(17)18)19-11(4)16/h9-10,12-14H,5-8H2,1-4H3,(H,17,18). The molecule has 1 aliphatic carbocycles. The molecule has 110 valence electrons. The van der Waals surface area contributed by atoms with Gasteiger partial charge in [-0.25, -0.2) is 4.79 Å². The first-order valence-corrected chi connectivity index (χ1v) is 7.21. The zero-order chi connectivity index (χ0) is 14.6. The Kier molecular flexibility index (Phi) is 5.83. The molecule has 0 aromatic heterocycles. The van der Waals surface area contributed by atoms with E-state index in [1.807, 2.05) is 0 Å². The van der Waals surface area contributed by atoms with Crippen LogP contribution in [-0.4, -0.2) is 23.1 Å². The third-order valence-corrected chi connectivity index (χ3v) is 4.26. The molecule has 4 heteroatoms. The fraction of sp³-hybridized carbons (Fsp3) is 0.867. The Balaban J connectivity index is 2.72. The summed E-state index contributed by atoms with van der Waals surface area (Å²) in [5, 5.41) is 9.17. The monoisotopic (exact) mass is 270 g/mol. The largest absolute Gasteiger partial charge is 0.479 e. The molecule has 1 aliphatic rings. The van der Waals surface area contributed by atoms with E-state index in [2.05, 4.69) is 20.8 Å². The molecule has 0 spiro atoms. The highest BCUT2D eigenvalue weighted by molar-refractivity contribution is 5.76. The lowest BCUT2D eigenvalue weighted by Gasteiger charge is -2.38. The number of carbonyl (C=O) groups excluding carboxylic acids is 1. The SMILES string of the molecule is CC(=O)OC(CC1CC(C)CCC1C(C)C)C(=O)O. The fourth-order valence-electron chi connectivity index (χ4n) is 3.35. The Morgan fingerprint density at radius 1 is 1.32 bits per heavy atom. The Morgan fingerprint density at radius 2 is 1.95 bits per heavy atom. The number of ether oxygens (including phenoxy) is 1. The molecule has 0 aliphatic heterocycles. The molecule has 4 unspecified atom stereocenters. The zero-order valence-electron chi connectivity index (χ0n) is 12.4. The van der Waals surface area contributed by atoms with Crippen molar-refractivity contribution in [1.82, 2.24) is 0 Å². The molecule has 1 N–H and O–H groups in total. The Labute approximate surface area is 115 Å². The number of esters is 1. The van der Waals surface area contributed by atoms with Crippen LogP contribution in [0.25, 0.3) is 0 Å². The van der Waals surface area contributed by atoms with E-state index < -0.39 is 18.0 Å². The molecule has 4 atom stereocenters. The molecule has 19 heavy (non-hydrogen) atoms. The Bertz CT molecular complexity index is 324. The molecular weight excluding hydrogens is 244 g/mol. The van der Waals surface area contributed by atoms with Crippen LogP contribution in [0.3, 0.4) is 0 Å². The number of rotatable bonds is 5. The Morgan fingerprint density at radius 3 is 2.42 bits per heavy atom. The smallest absolute Gasteiger partial charge is 0.345 e. The lowest BCUT2D eigenvalue weighted by Crippen LogP contribution is -2.35.